The van der Waals surface area contributed by atoms with E-state index in [1.165, 1.54) is 4.90 Å². The molecule has 0 radical (unpaired) electrons. The number of aliphatic hydroxyl groups excluding tert-OH is 1. The Morgan fingerprint density at radius 2 is 1.88 bits per heavy atom. The fourth-order valence-corrected chi connectivity index (χ4v) is 7.20. The molecule has 0 saturated carbocycles. The number of morpholine rings is 1. The molecule has 40 heavy (non-hydrogen) atoms. The molecule has 3 N–H and O–H groups in total. The Labute approximate surface area is 235 Å². The van der Waals surface area contributed by atoms with Crippen molar-refractivity contribution in [2.24, 2.45) is 11.8 Å². The second-order valence-electron chi connectivity index (χ2n) is 11.3. The van der Waals surface area contributed by atoms with E-state index in [9.17, 15) is 19.5 Å². The van der Waals surface area contributed by atoms with Crippen LogP contribution in [0.5, 0.6) is 5.75 Å². The van der Waals surface area contributed by atoms with Crippen molar-refractivity contribution in [2.45, 2.75) is 63.3 Å². The molecule has 0 aromatic heterocycles. The molecule has 5 rings (SSSR count). The predicted octanol–water partition coefficient (Wildman–Crippen LogP) is 1.01. The van der Waals surface area contributed by atoms with Gasteiger partial charge in [0, 0.05) is 31.9 Å². The van der Waals surface area contributed by atoms with Gasteiger partial charge in [0.05, 0.1) is 49.9 Å². The minimum absolute atomic E-state index is 0.295. The highest BCUT2D eigenvalue weighted by Crippen LogP contribution is 2.64. The first-order valence-corrected chi connectivity index (χ1v) is 14.5. The number of amides is 3. The van der Waals surface area contributed by atoms with Crippen molar-refractivity contribution >= 4 is 23.4 Å². The summed E-state index contributed by atoms with van der Waals surface area (Å²) in [6.45, 7) is 9.90. The molecule has 3 amide bonds. The first-order chi connectivity index (χ1) is 19.3. The maximum atomic E-state index is 14.1. The Balaban J connectivity index is 1.39. The lowest BCUT2D eigenvalue weighted by Crippen LogP contribution is -2.58. The number of likely N-dealkylation sites (tertiary alicyclic amines) is 1. The van der Waals surface area contributed by atoms with Crippen LogP contribution in [0.4, 0.5) is 5.69 Å². The van der Waals surface area contributed by atoms with Crippen molar-refractivity contribution in [2.75, 3.05) is 57.9 Å². The summed E-state index contributed by atoms with van der Waals surface area (Å²) in [6.07, 6.45) is 1.62. The zero-order valence-corrected chi connectivity index (χ0v) is 23.7. The van der Waals surface area contributed by atoms with Crippen LogP contribution in [-0.4, -0.2) is 109 Å². The summed E-state index contributed by atoms with van der Waals surface area (Å²) in [5.74, 6) is -1.77. The van der Waals surface area contributed by atoms with Crippen LogP contribution >= 0.6 is 0 Å². The summed E-state index contributed by atoms with van der Waals surface area (Å²) >= 11 is 0. The molecule has 2 unspecified atom stereocenters. The summed E-state index contributed by atoms with van der Waals surface area (Å²) in [5, 5.41) is 16.1. The van der Waals surface area contributed by atoms with Crippen LogP contribution in [0.2, 0.25) is 0 Å². The van der Waals surface area contributed by atoms with Gasteiger partial charge in [0.2, 0.25) is 17.7 Å². The number of carbonyl (C=O) groups is 3. The standard InChI is InChI=1S/C29H42N4O7/c1-4-28-10-11-29(40-28)23(22(28)25(35)31-20-6-8-21(9-7-20)39-5-2)27(37)33(19(3)18-34)24(29)26(36)30-12-13-32-14-16-38-17-15-32/h6-9,19,22-24,34H,4-5,10-18H2,1-3H3,(H,30,36)(H,31,35)/t19-,22+,23+,24?,28-,29?/m1/s1. The molecule has 1 spiro atoms. The quantitative estimate of drug-likeness (QED) is 0.367. The highest BCUT2D eigenvalue weighted by atomic mass is 16.5. The summed E-state index contributed by atoms with van der Waals surface area (Å²) in [5.41, 5.74) is -1.36. The molecular weight excluding hydrogens is 516 g/mol. The summed E-state index contributed by atoms with van der Waals surface area (Å²) in [7, 11) is 0. The average molecular weight is 559 g/mol. The molecule has 11 heteroatoms. The number of nitrogens with one attached hydrogen (secondary N) is 2. The van der Waals surface area contributed by atoms with E-state index >= 15 is 0 Å². The number of fused-ring (bicyclic) bond motifs is 1. The lowest BCUT2D eigenvalue weighted by Gasteiger charge is -2.36. The normalized spacial score (nSPS) is 32.1. The van der Waals surface area contributed by atoms with E-state index in [4.69, 9.17) is 14.2 Å². The fourth-order valence-electron chi connectivity index (χ4n) is 7.20. The third-order valence-electron chi connectivity index (χ3n) is 9.15. The topological polar surface area (TPSA) is 130 Å². The number of carbonyl (C=O) groups excluding carboxylic acids is 3. The minimum atomic E-state index is -1.12. The van der Waals surface area contributed by atoms with Gasteiger partial charge in [-0.15, -0.1) is 0 Å². The van der Waals surface area contributed by atoms with E-state index in [-0.39, 0.29) is 24.3 Å². The van der Waals surface area contributed by atoms with Crippen LogP contribution in [0.25, 0.3) is 0 Å². The van der Waals surface area contributed by atoms with Crippen LogP contribution in [-0.2, 0) is 23.9 Å². The summed E-state index contributed by atoms with van der Waals surface area (Å²) in [6, 6.07) is 5.59. The smallest absolute Gasteiger partial charge is 0.245 e. The molecule has 0 aliphatic carbocycles. The molecule has 4 fully saturated rings. The minimum Gasteiger partial charge on any atom is -0.494 e. The number of benzene rings is 1. The van der Waals surface area contributed by atoms with Crippen LogP contribution in [0.15, 0.2) is 24.3 Å². The molecule has 220 valence electrons. The Hall–Kier alpha value is -2.73. The second kappa shape index (κ2) is 11.6. The fraction of sp³-hybridized carbons (Fsp3) is 0.690. The van der Waals surface area contributed by atoms with Crippen LogP contribution in [0.1, 0.15) is 40.0 Å². The van der Waals surface area contributed by atoms with Crippen molar-refractivity contribution in [1.29, 1.82) is 0 Å². The molecule has 4 aliphatic rings. The third-order valence-corrected chi connectivity index (χ3v) is 9.15. The van der Waals surface area contributed by atoms with Gasteiger partial charge >= 0.3 is 0 Å². The number of anilines is 1. The number of hydrogen-bond acceptors (Lipinski definition) is 8. The molecule has 1 aromatic rings. The molecular formula is C29H42N4O7. The zero-order valence-electron chi connectivity index (χ0n) is 23.7. The molecule has 2 bridgehead atoms. The number of nitrogens with zero attached hydrogens (tertiary/aromatic N) is 2. The van der Waals surface area contributed by atoms with Crippen LogP contribution in [0.3, 0.4) is 0 Å². The van der Waals surface area contributed by atoms with Crippen LogP contribution < -0.4 is 15.4 Å². The van der Waals surface area contributed by atoms with Gasteiger partial charge in [0.25, 0.3) is 0 Å². The molecule has 1 aromatic carbocycles. The van der Waals surface area contributed by atoms with E-state index in [2.05, 4.69) is 15.5 Å². The summed E-state index contributed by atoms with van der Waals surface area (Å²) in [4.78, 5) is 45.5. The number of rotatable bonds is 11. The van der Waals surface area contributed by atoms with Gasteiger partial charge in [-0.05, 0) is 57.4 Å². The molecule has 11 nitrogen and oxygen atoms in total. The first-order valence-electron chi connectivity index (χ1n) is 14.5. The van der Waals surface area contributed by atoms with E-state index < -0.39 is 35.1 Å². The van der Waals surface area contributed by atoms with Crippen molar-refractivity contribution < 1.29 is 33.7 Å². The summed E-state index contributed by atoms with van der Waals surface area (Å²) < 4.78 is 17.7. The highest BCUT2D eigenvalue weighted by Gasteiger charge is 2.78. The lowest BCUT2D eigenvalue weighted by molar-refractivity contribution is -0.149. The van der Waals surface area contributed by atoms with Gasteiger partial charge in [-0.2, -0.15) is 0 Å². The molecule has 4 aliphatic heterocycles. The van der Waals surface area contributed by atoms with Gasteiger partial charge in [-0.25, -0.2) is 0 Å². The molecule has 6 atom stereocenters. The molecule has 4 saturated heterocycles. The Bertz CT molecular complexity index is 1090. The Morgan fingerprint density at radius 1 is 1.15 bits per heavy atom. The monoisotopic (exact) mass is 558 g/mol. The first kappa shape index (κ1) is 28.8. The Kier molecular flexibility index (Phi) is 8.37. The van der Waals surface area contributed by atoms with Gasteiger partial charge in [0.15, 0.2) is 0 Å². The number of hydrogen-bond donors (Lipinski definition) is 3. The lowest BCUT2D eigenvalue weighted by atomic mass is 9.65. The van der Waals surface area contributed by atoms with Crippen molar-refractivity contribution in [3.8, 4) is 5.75 Å². The number of ether oxygens (including phenoxy) is 3. The third kappa shape index (κ3) is 4.87. The zero-order chi connectivity index (χ0) is 28.5. The van der Waals surface area contributed by atoms with Gasteiger partial charge in [0.1, 0.15) is 17.4 Å². The van der Waals surface area contributed by atoms with E-state index in [1.54, 1.807) is 31.2 Å². The van der Waals surface area contributed by atoms with Gasteiger partial charge in [-0.3, -0.25) is 19.3 Å². The van der Waals surface area contributed by atoms with Gasteiger partial charge in [-0.1, -0.05) is 6.92 Å². The Morgan fingerprint density at radius 3 is 2.52 bits per heavy atom. The predicted molar refractivity (Wildman–Crippen MR) is 147 cm³/mol. The average Bonchev–Trinajstić information content (AvgIpc) is 3.58. The SMILES string of the molecule is CCOc1ccc(NC(=O)[C@@H]2[C@H]3C(=O)N([C@H](C)CO)C(C(=O)NCCN4CCOCC4)C34CC[C@@]2(CC)O4)cc1. The van der Waals surface area contributed by atoms with E-state index in [1.807, 2.05) is 13.8 Å². The van der Waals surface area contributed by atoms with Crippen molar-refractivity contribution in [3.05, 3.63) is 24.3 Å². The van der Waals surface area contributed by atoms with Crippen LogP contribution in [0, 0.1) is 11.8 Å². The largest absolute Gasteiger partial charge is 0.494 e. The molecule has 4 heterocycles. The van der Waals surface area contributed by atoms with Gasteiger partial charge < -0.3 is 34.9 Å². The second-order valence-corrected chi connectivity index (χ2v) is 11.3. The van der Waals surface area contributed by atoms with Crippen molar-refractivity contribution in [1.82, 2.24) is 15.1 Å². The van der Waals surface area contributed by atoms with Crippen molar-refractivity contribution in [3.63, 3.8) is 0 Å². The highest BCUT2D eigenvalue weighted by molar-refractivity contribution is 6.02. The van der Waals surface area contributed by atoms with E-state index in [0.29, 0.717) is 63.6 Å². The van der Waals surface area contributed by atoms with E-state index in [0.717, 1.165) is 13.1 Å². The maximum Gasteiger partial charge on any atom is 0.245 e. The number of aliphatic hydroxyl groups is 1. The maximum absolute atomic E-state index is 14.1.